The second kappa shape index (κ2) is 13.0. The van der Waals surface area contributed by atoms with Crippen molar-refractivity contribution < 1.29 is 15.7 Å². The van der Waals surface area contributed by atoms with Crippen molar-refractivity contribution in [3.05, 3.63) is 81.4 Å². The lowest BCUT2D eigenvalue weighted by molar-refractivity contribution is 0.0789. The summed E-state index contributed by atoms with van der Waals surface area (Å²) >= 11 is 9.70. The molecule has 1 unspecified atom stereocenters. The number of benzene rings is 2. The second-order valence-corrected chi connectivity index (χ2v) is 12.2. The number of para-hydroxylation sites is 2. The predicted molar refractivity (Wildman–Crippen MR) is 166 cm³/mol. The molecule has 1 atom stereocenters. The van der Waals surface area contributed by atoms with Crippen LogP contribution in [0.4, 0.5) is 5.82 Å². The first-order chi connectivity index (χ1) is 20.0. The first-order valence-corrected chi connectivity index (χ1v) is 15.5. The van der Waals surface area contributed by atoms with Gasteiger partial charge < -0.3 is 19.7 Å². The number of hydrogen-bond acceptors (Lipinski definition) is 7. The quantitative estimate of drug-likeness (QED) is 0.385. The monoisotopic (exact) mass is 641 g/mol. The van der Waals surface area contributed by atoms with Gasteiger partial charge >= 0.3 is 0 Å². The summed E-state index contributed by atoms with van der Waals surface area (Å²) in [6.07, 6.45) is 3.82. The van der Waals surface area contributed by atoms with E-state index in [1.165, 1.54) is 18.4 Å². The highest BCUT2D eigenvalue weighted by atomic mass is 79.9. The molecule has 0 bridgehead atoms. The molecule has 0 spiro atoms. The number of fused-ring (bicyclic) bond motifs is 1. The number of piperazine rings is 1. The Bertz CT molecular complexity index is 1350. The highest BCUT2D eigenvalue weighted by Gasteiger charge is 2.29. The Labute approximate surface area is 256 Å². The maximum Gasteiger partial charge on any atom is 0.253 e. The zero-order valence-corrected chi connectivity index (χ0v) is 25.3. The largest absolute Gasteiger partial charge is 0.486 e. The van der Waals surface area contributed by atoms with Gasteiger partial charge in [0.1, 0.15) is 18.5 Å². The highest BCUT2D eigenvalue weighted by Crippen LogP contribution is 2.31. The van der Waals surface area contributed by atoms with Crippen molar-refractivity contribution in [3.8, 4) is 11.5 Å². The van der Waals surface area contributed by atoms with E-state index in [2.05, 4.69) is 53.1 Å². The number of rotatable bonds is 7. The summed E-state index contributed by atoms with van der Waals surface area (Å²) in [5.41, 5.74) is 1.84. The number of nitrogens with zero attached hydrogens (tertiary/aromatic N) is 4. The Balaban J connectivity index is 0.00000353. The lowest BCUT2D eigenvalue weighted by Gasteiger charge is -2.43. The third-order valence-corrected chi connectivity index (χ3v) is 8.98. The third kappa shape index (κ3) is 6.97. The predicted octanol–water partition coefficient (Wildman–Crippen LogP) is 5.10. The lowest BCUT2D eigenvalue weighted by Crippen LogP contribution is -2.53. The molecule has 0 aliphatic carbocycles. The average Bonchev–Trinajstić information content (AvgIpc) is 3.01. The molecule has 8 nitrogen and oxygen atoms in total. The Morgan fingerprint density at radius 3 is 2.49 bits per heavy atom. The molecule has 3 aromatic rings. The molecule has 3 aliphatic heterocycles. The van der Waals surface area contributed by atoms with Crippen LogP contribution in [-0.2, 0) is 6.54 Å². The number of pyridine rings is 1. The Kier molecular flexibility index (Phi) is 8.95. The number of carbonyl (C=O) groups excluding carboxylic acids is 1. The lowest BCUT2D eigenvalue weighted by atomic mass is 10.0. The smallest absolute Gasteiger partial charge is 0.253 e. The molecule has 6 rings (SSSR count). The van der Waals surface area contributed by atoms with E-state index in [-0.39, 0.29) is 13.4 Å². The molecular weight excluding hydrogens is 606 g/mol. The summed E-state index contributed by atoms with van der Waals surface area (Å²) in [4.78, 5) is 25.0. The van der Waals surface area contributed by atoms with Gasteiger partial charge in [-0.05, 0) is 77.8 Å². The van der Waals surface area contributed by atoms with E-state index < -0.39 is 0 Å². The summed E-state index contributed by atoms with van der Waals surface area (Å²) in [5.74, 6) is 2.14. The molecule has 1 amide bonds. The summed E-state index contributed by atoms with van der Waals surface area (Å²) in [7, 11) is 0. The maximum atomic E-state index is 12.8. The van der Waals surface area contributed by atoms with Gasteiger partial charge in [-0.1, -0.05) is 35.9 Å². The van der Waals surface area contributed by atoms with Gasteiger partial charge in [0.2, 0.25) is 0 Å². The molecule has 2 saturated heterocycles. The number of halogens is 2. The molecule has 0 radical (unpaired) electrons. The van der Waals surface area contributed by atoms with Crippen molar-refractivity contribution in [2.45, 2.75) is 31.5 Å². The Hall–Kier alpha value is -2.85. The van der Waals surface area contributed by atoms with Gasteiger partial charge in [0.05, 0.1) is 16.6 Å². The number of likely N-dealkylation sites (tertiary alicyclic amines) is 1. The molecular formula is C31H37BrClN5O3. The van der Waals surface area contributed by atoms with Gasteiger partial charge in [-0.15, -0.1) is 0 Å². The number of anilines is 1. The molecule has 4 heterocycles. The number of hydrogen-bond donors (Lipinski definition) is 1. The summed E-state index contributed by atoms with van der Waals surface area (Å²) < 4.78 is 12.5. The minimum absolute atomic E-state index is 0. The first-order valence-electron chi connectivity index (χ1n) is 14.3. The van der Waals surface area contributed by atoms with E-state index >= 15 is 0 Å². The second-order valence-electron chi connectivity index (χ2n) is 10.9. The molecule has 1 N–H and O–H groups in total. The van der Waals surface area contributed by atoms with Crippen molar-refractivity contribution in [2.75, 3.05) is 57.3 Å². The Morgan fingerprint density at radius 1 is 1.02 bits per heavy atom. The number of nitrogens with one attached hydrogen (secondary N) is 1. The van der Waals surface area contributed by atoms with E-state index in [0.717, 1.165) is 66.9 Å². The van der Waals surface area contributed by atoms with Crippen LogP contribution in [-0.4, -0.2) is 85.3 Å². The van der Waals surface area contributed by atoms with Crippen LogP contribution >= 0.6 is 27.5 Å². The molecule has 0 saturated carbocycles. The summed E-state index contributed by atoms with van der Waals surface area (Å²) in [5, 5.41) is 3.74. The average molecular weight is 643 g/mol. The van der Waals surface area contributed by atoms with Crippen molar-refractivity contribution >= 4 is 39.3 Å². The van der Waals surface area contributed by atoms with Gasteiger partial charge in [0, 0.05) is 51.4 Å². The zero-order chi connectivity index (χ0) is 28.2. The fraction of sp³-hybridized carbons (Fsp3) is 0.419. The van der Waals surface area contributed by atoms with E-state index in [1.54, 1.807) is 6.20 Å². The summed E-state index contributed by atoms with van der Waals surface area (Å²) in [6, 6.07) is 18.2. The minimum Gasteiger partial charge on any atom is -0.486 e. The van der Waals surface area contributed by atoms with Crippen LogP contribution in [0.3, 0.4) is 0 Å². The fourth-order valence-electron chi connectivity index (χ4n) is 5.85. The molecule has 2 aromatic carbocycles. The SMILES string of the molecule is O=C(NCC1COc2ccccc2O1)c1cnc(N2CCN(C3CCN(Cc4ccc(Cl)cc4)CC3)CC2)c(Br)c1.[HH]. The van der Waals surface area contributed by atoms with Crippen LogP contribution in [0.5, 0.6) is 11.5 Å². The maximum absolute atomic E-state index is 12.8. The van der Waals surface area contributed by atoms with Crippen molar-refractivity contribution in [3.63, 3.8) is 0 Å². The molecule has 1 aromatic heterocycles. The van der Waals surface area contributed by atoms with Gasteiger partial charge in [-0.25, -0.2) is 4.98 Å². The normalized spacial score (nSPS) is 20.1. The molecule has 10 heteroatoms. The van der Waals surface area contributed by atoms with Crippen molar-refractivity contribution in [1.29, 1.82) is 0 Å². The van der Waals surface area contributed by atoms with Gasteiger partial charge in [-0.3, -0.25) is 14.6 Å². The van der Waals surface area contributed by atoms with E-state index in [9.17, 15) is 4.79 Å². The summed E-state index contributed by atoms with van der Waals surface area (Å²) in [6.45, 7) is 7.86. The van der Waals surface area contributed by atoms with Gasteiger partial charge in [0.15, 0.2) is 11.5 Å². The van der Waals surface area contributed by atoms with Crippen LogP contribution in [0.1, 0.15) is 30.2 Å². The van der Waals surface area contributed by atoms with E-state index in [4.69, 9.17) is 21.1 Å². The fourth-order valence-corrected chi connectivity index (χ4v) is 6.58. The van der Waals surface area contributed by atoms with Crippen LogP contribution < -0.4 is 19.7 Å². The number of aromatic nitrogens is 1. The molecule has 41 heavy (non-hydrogen) atoms. The van der Waals surface area contributed by atoms with Crippen molar-refractivity contribution in [2.24, 2.45) is 0 Å². The topological polar surface area (TPSA) is 70.2 Å². The highest BCUT2D eigenvalue weighted by molar-refractivity contribution is 9.10. The van der Waals surface area contributed by atoms with Crippen LogP contribution in [0.2, 0.25) is 5.02 Å². The third-order valence-electron chi connectivity index (χ3n) is 8.15. The Morgan fingerprint density at radius 2 is 1.76 bits per heavy atom. The van der Waals surface area contributed by atoms with Crippen LogP contribution in [0.15, 0.2) is 65.3 Å². The molecule has 3 aliphatic rings. The van der Waals surface area contributed by atoms with Gasteiger partial charge in [0.25, 0.3) is 5.91 Å². The van der Waals surface area contributed by atoms with E-state index in [0.29, 0.717) is 30.5 Å². The molecule has 218 valence electrons. The van der Waals surface area contributed by atoms with Crippen LogP contribution in [0.25, 0.3) is 0 Å². The van der Waals surface area contributed by atoms with Gasteiger partial charge in [-0.2, -0.15) is 0 Å². The van der Waals surface area contributed by atoms with Crippen molar-refractivity contribution in [1.82, 2.24) is 20.1 Å². The molecule has 2 fully saturated rings. The number of ether oxygens (including phenoxy) is 2. The minimum atomic E-state index is -0.239. The number of amides is 1. The van der Waals surface area contributed by atoms with Crippen LogP contribution in [0, 0.1) is 0 Å². The first kappa shape index (κ1) is 28.3. The number of piperidine rings is 1. The standard InChI is InChI=1S/C31H35BrClN5O3.H2/c32-27-17-23(31(39)35-19-26-21-40-28-3-1-2-4-29(28)41-26)18-34-30(27)38-15-13-37(14-16-38)25-9-11-36(12-10-25)20-22-5-7-24(33)8-6-22;/h1-8,17-18,25-26H,9-16,19-21H2,(H,35,39);1H. The zero-order valence-electron chi connectivity index (χ0n) is 23.0. The van der Waals surface area contributed by atoms with E-state index in [1.807, 2.05) is 42.5 Å². The number of carbonyl (C=O) groups is 1.